The van der Waals surface area contributed by atoms with E-state index in [0.717, 1.165) is 32.7 Å². The molecule has 1 unspecified atom stereocenters. The van der Waals surface area contributed by atoms with Crippen molar-refractivity contribution >= 4 is 5.97 Å². The number of ether oxygens (including phenoxy) is 1. The number of nitrogens with zero attached hydrogens (tertiary/aromatic N) is 3. The second-order valence-electron chi connectivity index (χ2n) is 5.31. The molecule has 5 nitrogen and oxygen atoms in total. The van der Waals surface area contributed by atoms with Gasteiger partial charge in [-0.15, -0.1) is 0 Å². The number of piperazine rings is 1. The lowest BCUT2D eigenvalue weighted by Crippen LogP contribution is -2.48. The highest BCUT2D eigenvalue weighted by molar-refractivity contribution is 5.89. The number of carbonyl (C=O) groups is 1. The van der Waals surface area contributed by atoms with Crippen molar-refractivity contribution in [3.63, 3.8) is 0 Å². The van der Waals surface area contributed by atoms with Gasteiger partial charge in [-0.25, -0.2) is 4.79 Å². The topological polar surface area (TPSA) is 56.6 Å². The summed E-state index contributed by atoms with van der Waals surface area (Å²) < 4.78 is 4.69. The molecule has 1 heterocycles. The fraction of sp³-hybridized carbons (Fsp3) is 0.500. The van der Waals surface area contributed by atoms with Crippen LogP contribution in [0.15, 0.2) is 24.3 Å². The number of methoxy groups -OCH3 is 1. The zero-order chi connectivity index (χ0) is 15.2. The van der Waals surface area contributed by atoms with E-state index in [-0.39, 0.29) is 12.0 Å². The summed E-state index contributed by atoms with van der Waals surface area (Å²) in [6.07, 6.45) is 0. The van der Waals surface area contributed by atoms with Crippen LogP contribution in [0.25, 0.3) is 0 Å². The molecule has 1 atom stereocenters. The quantitative estimate of drug-likeness (QED) is 0.786. The summed E-state index contributed by atoms with van der Waals surface area (Å²) in [7, 11) is 1.39. The van der Waals surface area contributed by atoms with Crippen LogP contribution in [0.5, 0.6) is 0 Å². The molecule has 0 radical (unpaired) electrons. The molecule has 112 valence electrons. The normalized spacial score (nSPS) is 18.0. The van der Waals surface area contributed by atoms with Crippen LogP contribution in [0, 0.1) is 11.3 Å². The second-order valence-corrected chi connectivity index (χ2v) is 5.31. The summed E-state index contributed by atoms with van der Waals surface area (Å²) in [6.45, 7) is 6.59. The first kappa shape index (κ1) is 15.5. The first-order chi connectivity index (χ1) is 10.1. The Morgan fingerprint density at radius 2 is 1.90 bits per heavy atom. The Morgan fingerprint density at radius 1 is 1.29 bits per heavy atom. The van der Waals surface area contributed by atoms with Crippen molar-refractivity contribution in [2.45, 2.75) is 19.5 Å². The third-order valence-corrected chi connectivity index (χ3v) is 3.92. The summed E-state index contributed by atoms with van der Waals surface area (Å²) in [5, 5.41) is 8.94. The van der Waals surface area contributed by atoms with Crippen LogP contribution in [0.3, 0.4) is 0 Å². The van der Waals surface area contributed by atoms with Crippen LogP contribution in [0.4, 0.5) is 0 Å². The van der Waals surface area contributed by atoms with E-state index in [1.807, 2.05) is 19.1 Å². The van der Waals surface area contributed by atoms with Crippen molar-refractivity contribution in [2.75, 3.05) is 33.3 Å². The highest BCUT2D eigenvalue weighted by Crippen LogP contribution is 2.12. The molecule has 1 aromatic carbocycles. The maximum absolute atomic E-state index is 11.4. The smallest absolute Gasteiger partial charge is 0.337 e. The number of hydrogen-bond donors (Lipinski definition) is 0. The van der Waals surface area contributed by atoms with Gasteiger partial charge in [0.25, 0.3) is 0 Å². The van der Waals surface area contributed by atoms with Gasteiger partial charge in [0.15, 0.2) is 0 Å². The molecule has 0 bridgehead atoms. The fourth-order valence-corrected chi connectivity index (χ4v) is 2.51. The summed E-state index contributed by atoms with van der Waals surface area (Å²) in [5.41, 5.74) is 1.76. The number of esters is 1. The van der Waals surface area contributed by atoms with E-state index >= 15 is 0 Å². The van der Waals surface area contributed by atoms with E-state index in [4.69, 9.17) is 5.26 Å². The molecule has 0 saturated carbocycles. The van der Waals surface area contributed by atoms with E-state index < -0.39 is 0 Å². The molecule has 1 aromatic rings. The predicted octanol–water partition coefficient (Wildman–Crippen LogP) is 1.50. The van der Waals surface area contributed by atoms with E-state index in [9.17, 15) is 4.79 Å². The van der Waals surface area contributed by atoms with Gasteiger partial charge in [-0.3, -0.25) is 9.80 Å². The molecule has 2 rings (SSSR count). The lowest BCUT2D eigenvalue weighted by Gasteiger charge is -2.35. The number of hydrogen-bond acceptors (Lipinski definition) is 5. The largest absolute Gasteiger partial charge is 0.465 e. The Hall–Kier alpha value is -1.90. The van der Waals surface area contributed by atoms with E-state index in [2.05, 4.69) is 20.6 Å². The van der Waals surface area contributed by atoms with Gasteiger partial charge in [0, 0.05) is 32.7 Å². The number of rotatable bonds is 4. The third kappa shape index (κ3) is 4.03. The van der Waals surface area contributed by atoms with Crippen LogP contribution in [-0.4, -0.2) is 55.1 Å². The van der Waals surface area contributed by atoms with E-state index in [1.165, 1.54) is 12.7 Å². The Morgan fingerprint density at radius 3 is 2.43 bits per heavy atom. The molecule has 1 aliphatic rings. The standard InChI is InChI=1S/C16H21N3O2/c1-13(11-17)19-9-7-18(8-10-19)12-14-3-5-15(6-4-14)16(20)21-2/h3-6,13H,7-10,12H2,1-2H3. The monoisotopic (exact) mass is 287 g/mol. The predicted molar refractivity (Wildman–Crippen MR) is 79.7 cm³/mol. The van der Waals surface area contributed by atoms with Crippen LogP contribution in [0.1, 0.15) is 22.8 Å². The molecular formula is C16H21N3O2. The van der Waals surface area contributed by atoms with E-state index in [1.54, 1.807) is 12.1 Å². The van der Waals surface area contributed by atoms with Gasteiger partial charge < -0.3 is 4.74 Å². The van der Waals surface area contributed by atoms with Crippen molar-refractivity contribution in [1.82, 2.24) is 9.80 Å². The maximum atomic E-state index is 11.4. The zero-order valence-electron chi connectivity index (χ0n) is 12.6. The van der Waals surface area contributed by atoms with Crippen LogP contribution in [-0.2, 0) is 11.3 Å². The van der Waals surface area contributed by atoms with Gasteiger partial charge in [0.2, 0.25) is 0 Å². The molecule has 0 amide bonds. The van der Waals surface area contributed by atoms with Gasteiger partial charge in [0.1, 0.15) is 0 Å². The highest BCUT2D eigenvalue weighted by Gasteiger charge is 2.20. The minimum absolute atomic E-state index is 0.00788. The molecule has 0 aromatic heterocycles. The summed E-state index contributed by atoms with van der Waals surface area (Å²) in [5.74, 6) is -0.305. The van der Waals surface area contributed by atoms with Crippen molar-refractivity contribution < 1.29 is 9.53 Å². The van der Waals surface area contributed by atoms with Gasteiger partial charge >= 0.3 is 5.97 Å². The van der Waals surface area contributed by atoms with Crippen molar-refractivity contribution in [3.05, 3.63) is 35.4 Å². The molecule has 1 aliphatic heterocycles. The van der Waals surface area contributed by atoms with Gasteiger partial charge in [-0.2, -0.15) is 5.26 Å². The first-order valence-electron chi connectivity index (χ1n) is 7.17. The zero-order valence-corrected chi connectivity index (χ0v) is 12.6. The summed E-state index contributed by atoms with van der Waals surface area (Å²) in [6, 6.07) is 9.82. The van der Waals surface area contributed by atoms with Crippen LogP contribution in [0.2, 0.25) is 0 Å². The SMILES string of the molecule is COC(=O)c1ccc(CN2CCN(C(C)C#N)CC2)cc1. The Kier molecular flexibility index (Phi) is 5.32. The molecule has 0 N–H and O–H groups in total. The lowest BCUT2D eigenvalue weighted by molar-refractivity contribution is 0.0600. The number of nitriles is 1. The lowest BCUT2D eigenvalue weighted by atomic mass is 10.1. The Bertz CT molecular complexity index is 513. The molecule has 21 heavy (non-hydrogen) atoms. The minimum Gasteiger partial charge on any atom is -0.465 e. The highest BCUT2D eigenvalue weighted by atomic mass is 16.5. The van der Waals surface area contributed by atoms with Crippen molar-refractivity contribution in [3.8, 4) is 6.07 Å². The molecule has 1 fully saturated rings. The molecule has 1 saturated heterocycles. The third-order valence-electron chi connectivity index (χ3n) is 3.92. The minimum atomic E-state index is -0.305. The second kappa shape index (κ2) is 7.21. The Labute approximate surface area is 125 Å². The van der Waals surface area contributed by atoms with E-state index in [0.29, 0.717) is 5.56 Å². The van der Waals surface area contributed by atoms with Gasteiger partial charge in [0.05, 0.1) is 24.8 Å². The first-order valence-corrected chi connectivity index (χ1v) is 7.17. The van der Waals surface area contributed by atoms with Gasteiger partial charge in [-0.05, 0) is 24.6 Å². The summed E-state index contributed by atoms with van der Waals surface area (Å²) in [4.78, 5) is 16.0. The van der Waals surface area contributed by atoms with Crippen molar-refractivity contribution in [1.29, 1.82) is 5.26 Å². The fourth-order valence-electron chi connectivity index (χ4n) is 2.51. The molecule has 0 spiro atoms. The molecule has 5 heteroatoms. The van der Waals surface area contributed by atoms with Gasteiger partial charge in [-0.1, -0.05) is 12.1 Å². The summed E-state index contributed by atoms with van der Waals surface area (Å²) >= 11 is 0. The average molecular weight is 287 g/mol. The maximum Gasteiger partial charge on any atom is 0.337 e. The molecule has 0 aliphatic carbocycles. The average Bonchev–Trinajstić information content (AvgIpc) is 2.55. The van der Waals surface area contributed by atoms with Crippen molar-refractivity contribution in [2.24, 2.45) is 0 Å². The number of carbonyl (C=O) groups excluding carboxylic acids is 1. The molecular weight excluding hydrogens is 266 g/mol. The van der Waals surface area contributed by atoms with Crippen LogP contribution >= 0.6 is 0 Å². The Balaban J connectivity index is 1.86. The number of benzene rings is 1. The van der Waals surface area contributed by atoms with Crippen LogP contribution < -0.4 is 0 Å².